The molecule has 10 heteroatoms. The molecular formula is C19H20F3N3O3S. The van der Waals surface area contributed by atoms with Crippen molar-refractivity contribution in [3.8, 4) is 0 Å². The normalized spacial score (nSPS) is 12.1. The number of carbonyl (C=O) groups excluding carboxylic acids is 1. The molecule has 2 aromatic rings. The molecule has 2 aromatic carbocycles. The summed E-state index contributed by atoms with van der Waals surface area (Å²) in [5.74, 6) is -0.606. The highest BCUT2D eigenvalue weighted by Crippen LogP contribution is 2.34. The summed E-state index contributed by atoms with van der Waals surface area (Å²) in [5, 5.41) is 2.46. The lowest BCUT2D eigenvalue weighted by molar-refractivity contribution is -0.137. The second-order valence-electron chi connectivity index (χ2n) is 6.44. The number of anilines is 3. The van der Waals surface area contributed by atoms with Crippen molar-refractivity contribution in [3.05, 3.63) is 59.7 Å². The summed E-state index contributed by atoms with van der Waals surface area (Å²) in [4.78, 5) is 13.8. The van der Waals surface area contributed by atoms with Crippen molar-refractivity contribution in [2.75, 3.05) is 35.3 Å². The third kappa shape index (κ3) is 6.83. The molecule has 156 valence electrons. The molecule has 0 fully saturated rings. The first-order chi connectivity index (χ1) is 13.3. The number of halogens is 3. The Morgan fingerprint density at radius 3 is 2.21 bits per heavy atom. The van der Waals surface area contributed by atoms with E-state index in [1.165, 1.54) is 30.4 Å². The Balaban J connectivity index is 2.16. The van der Waals surface area contributed by atoms with Crippen molar-refractivity contribution in [3.63, 3.8) is 0 Å². The largest absolute Gasteiger partial charge is 0.416 e. The predicted octanol–water partition coefficient (Wildman–Crippen LogP) is 3.79. The summed E-state index contributed by atoms with van der Waals surface area (Å²) in [6.07, 6.45) is -0.857. The van der Waals surface area contributed by atoms with Crippen molar-refractivity contribution in [2.24, 2.45) is 0 Å². The highest BCUT2D eigenvalue weighted by molar-refractivity contribution is 7.92. The molecule has 6 nitrogen and oxygen atoms in total. The van der Waals surface area contributed by atoms with Gasteiger partial charge in [0.2, 0.25) is 15.9 Å². The minimum atomic E-state index is -4.53. The average Bonchev–Trinajstić information content (AvgIpc) is 2.59. The van der Waals surface area contributed by atoms with Gasteiger partial charge >= 0.3 is 6.18 Å². The summed E-state index contributed by atoms with van der Waals surface area (Å²) in [6, 6.07) is 9.35. The van der Waals surface area contributed by atoms with Gasteiger partial charge in [-0.15, -0.1) is 0 Å². The summed E-state index contributed by atoms with van der Waals surface area (Å²) in [5.41, 5.74) is 0.573. The van der Waals surface area contributed by atoms with Crippen LogP contribution in [0.3, 0.4) is 0 Å². The molecule has 29 heavy (non-hydrogen) atoms. The molecule has 1 amide bonds. The van der Waals surface area contributed by atoms with Gasteiger partial charge in [0.15, 0.2) is 0 Å². The number of hydrogen-bond acceptors (Lipinski definition) is 4. The molecule has 0 aliphatic carbocycles. The second-order valence-corrected chi connectivity index (χ2v) is 8.19. The first-order valence-electron chi connectivity index (χ1n) is 8.30. The summed E-state index contributed by atoms with van der Waals surface area (Å²) >= 11 is 0. The van der Waals surface area contributed by atoms with Crippen LogP contribution in [0.25, 0.3) is 6.08 Å². The van der Waals surface area contributed by atoms with Crippen molar-refractivity contribution in [1.29, 1.82) is 0 Å². The fraction of sp³-hybridized carbons (Fsp3) is 0.211. The van der Waals surface area contributed by atoms with Gasteiger partial charge in [-0.05, 0) is 42.0 Å². The van der Waals surface area contributed by atoms with E-state index in [2.05, 4.69) is 10.0 Å². The molecule has 0 aromatic heterocycles. The second kappa shape index (κ2) is 8.56. The lowest BCUT2D eigenvalue weighted by Gasteiger charge is -2.19. The summed E-state index contributed by atoms with van der Waals surface area (Å²) in [6.45, 7) is 0. The molecule has 0 bridgehead atoms. The highest BCUT2D eigenvalue weighted by atomic mass is 32.2. The third-order valence-electron chi connectivity index (χ3n) is 3.70. The van der Waals surface area contributed by atoms with E-state index in [-0.39, 0.29) is 5.69 Å². The topological polar surface area (TPSA) is 78.5 Å². The predicted molar refractivity (Wildman–Crippen MR) is 108 cm³/mol. The maximum atomic E-state index is 13.0. The van der Waals surface area contributed by atoms with Crippen LogP contribution < -0.4 is 14.9 Å². The van der Waals surface area contributed by atoms with Gasteiger partial charge in [-0.25, -0.2) is 8.42 Å². The minimum absolute atomic E-state index is 0.0344. The van der Waals surface area contributed by atoms with Crippen molar-refractivity contribution < 1.29 is 26.4 Å². The fourth-order valence-electron chi connectivity index (χ4n) is 2.43. The number of nitrogens with one attached hydrogen (secondary N) is 2. The van der Waals surface area contributed by atoms with E-state index in [9.17, 15) is 26.4 Å². The van der Waals surface area contributed by atoms with Gasteiger partial charge < -0.3 is 10.2 Å². The smallest absolute Gasteiger partial charge is 0.376 e. The van der Waals surface area contributed by atoms with Gasteiger partial charge in [0.25, 0.3) is 0 Å². The molecule has 0 spiro atoms. The molecule has 2 N–H and O–H groups in total. The zero-order chi connectivity index (χ0) is 21.8. The number of alkyl halides is 3. The quantitative estimate of drug-likeness (QED) is 0.688. The van der Waals surface area contributed by atoms with Gasteiger partial charge in [0.1, 0.15) is 0 Å². The van der Waals surface area contributed by atoms with Crippen LogP contribution in [0.2, 0.25) is 0 Å². The zero-order valence-corrected chi connectivity index (χ0v) is 16.7. The average molecular weight is 427 g/mol. The number of carbonyl (C=O) groups is 1. The molecule has 0 aliphatic heterocycles. The summed E-state index contributed by atoms with van der Waals surface area (Å²) < 4.78 is 63.6. The number of nitrogens with zero attached hydrogens (tertiary/aromatic N) is 1. The van der Waals surface area contributed by atoms with E-state index in [0.717, 1.165) is 18.4 Å². The first kappa shape index (κ1) is 22.3. The van der Waals surface area contributed by atoms with Crippen LogP contribution >= 0.6 is 0 Å². The maximum Gasteiger partial charge on any atom is 0.416 e. The lowest BCUT2D eigenvalue weighted by atomic mass is 10.1. The number of hydrogen-bond donors (Lipinski definition) is 2. The molecule has 0 atom stereocenters. The SMILES string of the molecule is CN(C)c1ccc(C(F)(F)F)cc1NC(=O)/C=C/c1ccc(NS(C)(=O)=O)cc1. The molecule has 0 unspecified atom stereocenters. The van der Waals surface area contributed by atoms with Gasteiger partial charge in [0.05, 0.1) is 23.2 Å². The van der Waals surface area contributed by atoms with Crippen LogP contribution in [0, 0.1) is 0 Å². The Morgan fingerprint density at radius 2 is 1.69 bits per heavy atom. The minimum Gasteiger partial charge on any atom is -0.376 e. The monoisotopic (exact) mass is 427 g/mol. The fourth-order valence-corrected chi connectivity index (χ4v) is 2.99. The standard InChI is InChI=1S/C19H20F3N3O3S/c1-25(2)17-10-7-14(19(20,21)22)12-16(17)23-18(26)11-6-13-4-8-15(9-5-13)24-29(3,27)28/h4-12,24H,1-3H3,(H,23,26)/b11-6+. The third-order valence-corrected chi connectivity index (χ3v) is 4.31. The van der Waals surface area contributed by atoms with E-state index in [1.807, 2.05) is 0 Å². The molecule has 0 saturated carbocycles. The van der Waals surface area contributed by atoms with Crippen molar-refractivity contribution in [2.45, 2.75) is 6.18 Å². The van der Waals surface area contributed by atoms with Crippen LogP contribution in [-0.4, -0.2) is 34.7 Å². The van der Waals surface area contributed by atoms with E-state index >= 15 is 0 Å². The van der Waals surface area contributed by atoms with Gasteiger partial charge in [-0.2, -0.15) is 13.2 Å². The summed E-state index contributed by atoms with van der Waals surface area (Å²) in [7, 11) is -0.0859. The van der Waals surface area contributed by atoms with E-state index < -0.39 is 27.7 Å². The molecule has 0 saturated heterocycles. The molecule has 0 heterocycles. The maximum absolute atomic E-state index is 13.0. The Labute approximate surface area is 167 Å². The Morgan fingerprint density at radius 1 is 1.07 bits per heavy atom. The lowest BCUT2D eigenvalue weighted by Crippen LogP contribution is -2.16. The van der Waals surface area contributed by atoms with Crippen LogP contribution in [0.1, 0.15) is 11.1 Å². The number of rotatable bonds is 6. The van der Waals surface area contributed by atoms with E-state index in [4.69, 9.17) is 0 Å². The van der Waals surface area contributed by atoms with Crippen LogP contribution in [0.15, 0.2) is 48.5 Å². The number of amides is 1. The Hall–Kier alpha value is -3.01. The van der Waals surface area contributed by atoms with Gasteiger partial charge in [-0.1, -0.05) is 12.1 Å². The Bertz CT molecular complexity index is 1020. The Kier molecular flexibility index (Phi) is 6.58. The van der Waals surface area contributed by atoms with Gasteiger partial charge in [-0.3, -0.25) is 9.52 Å². The molecular weight excluding hydrogens is 407 g/mol. The molecule has 0 radical (unpaired) electrons. The van der Waals surface area contributed by atoms with Crippen LogP contribution in [0.5, 0.6) is 0 Å². The van der Waals surface area contributed by atoms with E-state index in [0.29, 0.717) is 16.9 Å². The van der Waals surface area contributed by atoms with Gasteiger partial charge in [0, 0.05) is 25.9 Å². The zero-order valence-electron chi connectivity index (χ0n) is 15.9. The molecule has 0 aliphatic rings. The van der Waals surface area contributed by atoms with Crippen LogP contribution in [-0.2, 0) is 21.0 Å². The number of sulfonamides is 1. The molecule has 2 rings (SSSR count). The van der Waals surface area contributed by atoms with Crippen LogP contribution in [0.4, 0.5) is 30.2 Å². The number of benzene rings is 2. The van der Waals surface area contributed by atoms with Crippen molar-refractivity contribution in [1.82, 2.24) is 0 Å². The van der Waals surface area contributed by atoms with E-state index in [1.54, 1.807) is 31.1 Å². The highest BCUT2D eigenvalue weighted by Gasteiger charge is 2.31. The first-order valence-corrected chi connectivity index (χ1v) is 10.2. The van der Waals surface area contributed by atoms with Crippen molar-refractivity contribution >= 4 is 39.1 Å².